The Balaban J connectivity index is 2.50. The monoisotopic (exact) mass is 211 g/mol. The number of likely N-dealkylation sites (N-methyl/N-ethyl adjacent to an activating group) is 1. The molecule has 0 bridgehead atoms. The van der Waals surface area contributed by atoms with Gasteiger partial charge in [-0.3, -0.25) is 4.79 Å². The molecule has 0 spiro atoms. The highest BCUT2D eigenvalue weighted by atomic mass is 16.5. The third-order valence-corrected chi connectivity index (χ3v) is 2.72. The average Bonchev–Trinajstić information content (AvgIpc) is 2.26. The van der Waals surface area contributed by atoms with Crippen LogP contribution in [-0.2, 0) is 9.53 Å². The highest BCUT2D eigenvalue weighted by Gasteiger charge is 2.25. The molecule has 0 aliphatic carbocycles. The van der Waals surface area contributed by atoms with Gasteiger partial charge >= 0.3 is 0 Å². The number of nitrogens with zero attached hydrogens (tertiary/aromatic N) is 1. The van der Waals surface area contributed by atoms with Crippen molar-refractivity contribution in [2.24, 2.45) is 5.92 Å². The number of rotatable bonds is 4. The van der Waals surface area contributed by atoms with Gasteiger partial charge < -0.3 is 9.64 Å². The maximum absolute atomic E-state index is 12.1. The molecular weight excluding hydrogens is 190 g/mol. The Morgan fingerprint density at radius 2 is 2.07 bits per heavy atom. The standard InChI is InChI=1S/C12H21NO2/c1-4-13(9-10(2)3)12(14)11-5-7-15-8-6-11/h11H,2,4-9H2,1,3H3. The summed E-state index contributed by atoms with van der Waals surface area (Å²) in [5.74, 6) is 0.432. The second kappa shape index (κ2) is 5.91. The van der Waals surface area contributed by atoms with Crippen LogP contribution in [0, 0.1) is 5.92 Å². The Bertz CT molecular complexity index is 232. The largest absolute Gasteiger partial charge is 0.381 e. The first-order valence-electron chi connectivity index (χ1n) is 5.66. The maximum Gasteiger partial charge on any atom is 0.226 e. The molecule has 0 N–H and O–H groups in total. The van der Waals surface area contributed by atoms with E-state index in [4.69, 9.17) is 4.74 Å². The molecule has 0 radical (unpaired) electrons. The SMILES string of the molecule is C=C(C)CN(CC)C(=O)C1CCOCC1. The van der Waals surface area contributed by atoms with Crippen LogP contribution in [0.15, 0.2) is 12.2 Å². The molecule has 0 saturated carbocycles. The van der Waals surface area contributed by atoms with Gasteiger partial charge in [-0.15, -0.1) is 0 Å². The topological polar surface area (TPSA) is 29.5 Å². The molecule has 0 aromatic carbocycles. The number of carbonyl (C=O) groups excluding carboxylic acids is 1. The van der Waals surface area contributed by atoms with Gasteiger partial charge in [0.15, 0.2) is 0 Å². The third-order valence-electron chi connectivity index (χ3n) is 2.72. The Labute approximate surface area is 92.1 Å². The first-order valence-corrected chi connectivity index (χ1v) is 5.66. The molecule has 15 heavy (non-hydrogen) atoms. The zero-order chi connectivity index (χ0) is 11.3. The van der Waals surface area contributed by atoms with Crippen molar-refractivity contribution in [2.45, 2.75) is 26.7 Å². The summed E-state index contributed by atoms with van der Waals surface area (Å²) in [5, 5.41) is 0. The molecular formula is C12H21NO2. The van der Waals surface area contributed by atoms with Gasteiger partial charge in [0, 0.05) is 32.2 Å². The van der Waals surface area contributed by atoms with E-state index in [0.29, 0.717) is 6.54 Å². The molecule has 1 heterocycles. The van der Waals surface area contributed by atoms with Crippen molar-refractivity contribution in [1.82, 2.24) is 4.90 Å². The van der Waals surface area contributed by atoms with Crippen LogP contribution in [0.25, 0.3) is 0 Å². The van der Waals surface area contributed by atoms with Crippen molar-refractivity contribution in [3.05, 3.63) is 12.2 Å². The highest BCUT2D eigenvalue weighted by Crippen LogP contribution is 2.17. The van der Waals surface area contributed by atoms with Crippen molar-refractivity contribution in [2.75, 3.05) is 26.3 Å². The number of carbonyl (C=O) groups is 1. The van der Waals surface area contributed by atoms with Crippen LogP contribution in [-0.4, -0.2) is 37.1 Å². The lowest BCUT2D eigenvalue weighted by atomic mass is 9.98. The van der Waals surface area contributed by atoms with Crippen LogP contribution in [0.4, 0.5) is 0 Å². The van der Waals surface area contributed by atoms with Gasteiger partial charge in [0.1, 0.15) is 0 Å². The molecule has 3 heteroatoms. The maximum atomic E-state index is 12.1. The van der Waals surface area contributed by atoms with Crippen molar-refractivity contribution in [3.63, 3.8) is 0 Å². The van der Waals surface area contributed by atoms with Crippen LogP contribution >= 0.6 is 0 Å². The third kappa shape index (κ3) is 3.67. The van der Waals surface area contributed by atoms with Gasteiger partial charge in [-0.25, -0.2) is 0 Å². The van der Waals surface area contributed by atoms with Gasteiger partial charge in [0.2, 0.25) is 5.91 Å². The number of amides is 1. The predicted octanol–water partition coefficient (Wildman–Crippen LogP) is 1.84. The van der Waals surface area contributed by atoms with E-state index in [9.17, 15) is 4.79 Å². The second-order valence-electron chi connectivity index (χ2n) is 4.20. The number of hydrogen-bond donors (Lipinski definition) is 0. The van der Waals surface area contributed by atoms with E-state index in [2.05, 4.69) is 6.58 Å². The quantitative estimate of drug-likeness (QED) is 0.664. The molecule has 0 aromatic rings. The lowest BCUT2D eigenvalue weighted by molar-refractivity contribution is -0.137. The fourth-order valence-corrected chi connectivity index (χ4v) is 1.87. The van der Waals surface area contributed by atoms with E-state index in [1.165, 1.54) is 0 Å². The summed E-state index contributed by atoms with van der Waals surface area (Å²) in [5.41, 5.74) is 1.04. The Morgan fingerprint density at radius 3 is 2.53 bits per heavy atom. The fraction of sp³-hybridized carbons (Fsp3) is 0.750. The van der Waals surface area contributed by atoms with Crippen LogP contribution < -0.4 is 0 Å². The van der Waals surface area contributed by atoms with Crippen LogP contribution in [0.1, 0.15) is 26.7 Å². The molecule has 1 aliphatic heterocycles. The minimum absolute atomic E-state index is 0.165. The first kappa shape index (κ1) is 12.2. The zero-order valence-corrected chi connectivity index (χ0v) is 9.79. The lowest BCUT2D eigenvalue weighted by Gasteiger charge is -2.28. The molecule has 1 aliphatic rings. The smallest absolute Gasteiger partial charge is 0.226 e. The second-order valence-corrected chi connectivity index (χ2v) is 4.20. The van der Waals surface area contributed by atoms with E-state index in [1.54, 1.807) is 0 Å². The van der Waals surface area contributed by atoms with Crippen molar-refractivity contribution < 1.29 is 9.53 Å². The highest BCUT2D eigenvalue weighted by molar-refractivity contribution is 5.79. The summed E-state index contributed by atoms with van der Waals surface area (Å²) in [6.07, 6.45) is 1.73. The van der Waals surface area contributed by atoms with Crippen LogP contribution in [0.5, 0.6) is 0 Å². The van der Waals surface area contributed by atoms with Gasteiger partial charge in [-0.2, -0.15) is 0 Å². The summed E-state index contributed by atoms with van der Waals surface area (Å²) in [7, 11) is 0. The minimum Gasteiger partial charge on any atom is -0.381 e. The summed E-state index contributed by atoms with van der Waals surface area (Å²) in [6.45, 7) is 10.7. The summed E-state index contributed by atoms with van der Waals surface area (Å²) >= 11 is 0. The summed E-state index contributed by atoms with van der Waals surface area (Å²) < 4.78 is 5.26. The Morgan fingerprint density at radius 1 is 1.47 bits per heavy atom. The normalized spacial score (nSPS) is 17.5. The van der Waals surface area contributed by atoms with Crippen molar-refractivity contribution in [1.29, 1.82) is 0 Å². The molecule has 86 valence electrons. The summed E-state index contributed by atoms with van der Waals surface area (Å²) in [4.78, 5) is 14.0. The van der Waals surface area contributed by atoms with E-state index >= 15 is 0 Å². The van der Waals surface area contributed by atoms with Crippen LogP contribution in [0.3, 0.4) is 0 Å². The Hall–Kier alpha value is -0.830. The summed E-state index contributed by atoms with van der Waals surface area (Å²) in [6, 6.07) is 0. The molecule has 1 amide bonds. The molecule has 0 aromatic heterocycles. The van der Waals surface area contributed by atoms with Crippen molar-refractivity contribution >= 4 is 5.91 Å². The predicted molar refractivity (Wildman–Crippen MR) is 60.6 cm³/mol. The fourth-order valence-electron chi connectivity index (χ4n) is 1.87. The number of ether oxygens (including phenoxy) is 1. The number of hydrogen-bond acceptors (Lipinski definition) is 2. The molecule has 0 atom stereocenters. The van der Waals surface area contributed by atoms with E-state index in [-0.39, 0.29) is 11.8 Å². The van der Waals surface area contributed by atoms with E-state index < -0.39 is 0 Å². The molecule has 1 fully saturated rings. The van der Waals surface area contributed by atoms with E-state index in [0.717, 1.165) is 38.2 Å². The average molecular weight is 211 g/mol. The first-order chi connectivity index (χ1) is 7.15. The van der Waals surface area contributed by atoms with Gasteiger partial charge in [0.25, 0.3) is 0 Å². The molecule has 3 nitrogen and oxygen atoms in total. The van der Waals surface area contributed by atoms with Crippen molar-refractivity contribution in [3.8, 4) is 0 Å². The van der Waals surface area contributed by atoms with Gasteiger partial charge in [-0.05, 0) is 26.7 Å². The van der Waals surface area contributed by atoms with Gasteiger partial charge in [-0.1, -0.05) is 12.2 Å². The molecule has 1 rings (SSSR count). The Kier molecular flexibility index (Phi) is 4.82. The van der Waals surface area contributed by atoms with E-state index in [1.807, 2.05) is 18.7 Å². The zero-order valence-electron chi connectivity index (χ0n) is 9.79. The minimum atomic E-state index is 0.165. The molecule has 1 saturated heterocycles. The van der Waals surface area contributed by atoms with Crippen LogP contribution in [0.2, 0.25) is 0 Å². The molecule has 0 unspecified atom stereocenters. The van der Waals surface area contributed by atoms with Gasteiger partial charge in [0.05, 0.1) is 0 Å². The lowest BCUT2D eigenvalue weighted by Crippen LogP contribution is -2.39.